The maximum absolute atomic E-state index is 5.77. The van der Waals surface area contributed by atoms with Crippen molar-refractivity contribution in [2.24, 2.45) is 4.99 Å². The van der Waals surface area contributed by atoms with Crippen molar-refractivity contribution >= 4 is 23.4 Å². The van der Waals surface area contributed by atoms with Gasteiger partial charge in [-0.1, -0.05) is 12.1 Å². The molecule has 0 spiro atoms. The lowest BCUT2D eigenvalue weighted by Gasteiger charge is -2.08. The van der Waals surface area contributed by atoms with Crippen LogP contribution in [0.25, 0.3) is 10.9 Å². The Morgan fingerprint density at radius 1 is 1.09 bits per heavy atom. The Hall–Kier alpha value is -2.95. The zero-order valence-corrected chi connectivity index (χ0v) is 12.1. The molecule has 110 valence electrons. The fourth-order valence-corrected chi connectivity index (χ4v) is 2.19. The zero-order chi connectivity index (χ0) is 15.4. The van der Waals surface area contributed by atoms with E-state index < -0.39 is 0 Å². The van der Waals surface area contributed by atoms with E-state index >= 15 is 0 Å². The minimum absolute atomic E-state index is 0.444. The van der Waals surface area contributed by atoms with Crippen LogP contribution >= 0.6 is 0 Å². The number of anilines is 1. The molecule has 2 N–H and O–H groups in total. The molecular weight excluding hydrogens is 276 g/mol. The molecule has 0 aliphatic carbocycles. The van der Waals surface area contributed by atoms with Crippen molar-refractivity contribution in [2.45, 2.75) is 13.2 Å². The van der Waals surface area contributed by atoms with Gasteiger partial charge in [-0.2, -0.15) is 0 Å². The second-order valence-corrected chi connectivity index (χ2v) is 4.96. The first-order chi connectivity index (χ1) is 10.7. The van der Waals surface area contributed by atoms with Crippen LogP contribution in [-0.2, 0) is 13.2 Å². The van der Waals surface area contributed by atoms with Gasteiger partial charge in [0.25, 0.3) is 0 Å². The maximum Gasteiger partial charge on any atom is 0.138 e. The van der Waals surface area contributed by atoms with Crippen molar-refractivity contribution in [1.29, 1.82) is 0 Å². The molecule has 5 heteroatoms. The maximum atomic E-state index is 5.77. The number of benzene rings is 1. The molecule has 0 unspecified atom stereocenters. The van der Waals surface area contributed by atoms with Crippen LogP contribution in [0.2, 0.25) is 0 Å². The highest BCUT2D eigenvalue weighted by Gasteiger charge is 2.01. The number of nitrogens with zero attached hydrogens (tertiary/aromatic N) is 3. The summed E-state index contributed by atoms with van der Waals surface area (Å²) in [6.07, 6.45) is 3.44. The van der Waals surface area contributed by atoms with Gasteiger partial charge in [-0.15, -0.1) is 0 Å². The van der Waals surface area contributed by atoms with E-state index in [1.54, 1.807) is 18.5 Å². The van der Waals surface area contributed by atoms with E-state index in [1.807, 2.05) is 30.3 Å². The predicted octanol–water partition coefficient (Wildman–Crippen LogP) is 2.99. The SMILES string of the molecule is C=NCc1cncc(OCc2ccc3ccc(N)nc3c2)c1. The van der Waals surface area contributed by atoms with Gasteiger partial charge in [0.1, 0.15) is 18.2 Å². The smallest absolute Gasteiger partial charge is 0.138 e. The van der Waals surface area contributed by atoms with Crippen LogP contribution in [0.5, 0.6) is 5.75 Å². The molecule has 0 aliphatic rings. The summed E-state index contributed by atoms with van der Waals surface area (Å²) in [6.45, 7) is 4.45. The molecule has 0 saturated carbocycles. The monoisotopic (exact) mass is 292 g/mol. The van der Waals surface area contributed by atoms with E-state index in [0.29, 0.717) is 24.7 Å². The lowest BCUT2D eigenvalue weighted by atomic mass is 10.1. The molecule has 0 fully saturated rings. The van der Waals surface area contributed by atoms with Crippen LogP contribution in [0.15, 0.2) is 53.8 Å². The third-order valence-electron chi connectivity index (χ3n) is 3.25. The van der Waals surface area contributed by atoms with Crippen molar-refractivity contribution in [3.05, 3.63) is 59.9 Å². The molecule has 2 heterocycles. The normalized spacial score (nSPS) is 10.5. The fourth-order valence-electron chi connectivity index (χ4n) is 2.19. The Morgan fingerprint density at radius 3 is 2.82 bits per heavy atom. The minimum Gasteiger partial charge on any atom is -0.487 e. The molecule has 0 amide bonds. The molecule has 3 rings (SSSR count). The van der Waals surface area contributed by atoms with Crippen LogP contribution < -0.4 is 10.5 Å². The summed E-state index contributed by atoms with van der Waals surface area (Å²) < 4.78 is 5.77. The Kier molecular flexibility index (Phi) is 3.96. The largest absolute Gasteiger partial charge is 0.487 e. The Labute approximate surface area is 128 Å². The highest BCUT2D eigenvalue weighted by molar-refractivity contribution is 5.80. The van der Waals surface area contributed by atoms with Gasteiger partial charge in [-0.25, -0.2) is 4.98 Å². The average molecular weight is 292 g/mol. The Bertz CT molecular complexity index is 817. The average Bonchev–Trinajstić information content (AvgIpc) is 2.53. The van der Waals surface area contributed by atoms with Gasteiger partial charge >= 0.3 is 0 Å². The summed E-state index contributed by atoms with van der Waals surface area (Å²) in [7, 11) is 0. The van der Waals surface area contributed by atoms with Gasteiger partial charge in [0.05, 0.1) is 18.3 Å². The Balaban J connectivity index is 1.75. The third kappa shape index (κ3) is 3.20. The molecule has 0 saturated heterocycles. The van der Waals surface area contributed by atoms with E-state index in [1.165, 1.54) is 0 Å². The van der Waals surface area contributed by atoms with E-state index in [4.69, 9.17) is 10.5 Å². The molecule has 0 bridgehead atoms. The van der Waals surface area contributed by atoms with Gasteiger partial charge < -0.3 is 10.5 Å². The summed E-state index contributed by atoms with van der Waals surface area (Å²) in [5, 5.41) is 1.05. The standard InChI is InChI=1S/C17H16N4O/c1-19-8-13-6-15(10-20-9-13)22-11-12-2-3-14-4-5-17(18)21-16(14)7-12/h2-7,9-10H,1,8,11H2,(H2,18,21). The van der Waals surface area contributed by atoms with E-state index in [2.05, 4.69) is 21.7 Å². The molecule has 22 heavy (non-hydrogen) atoms. The number of nitrogen functional groups attached to an aromatic ring is 1. The van der Waals surface area contributed by atoms with Gasteiger partial charge in [0.15, 0.2) is 0 Å². The van der Waals surface area contributed by atoms with Crippen LogP contribution in [0.4, 0.5) is 5.82 Å². The number of nitrogens with two attached hydrogens (primary N) is 1. The molecule has 3 aromatic rings. The zero-order valence-electron chi connectivity index (χ0n) is 12.1. The number of pyridine rings is 2. The van der Waals surface area contributed by atoms with E-state index in [-0.39, 0.29) is 0 Å². The minimum atomic E-state index is 0.444. The number of ether oxygens (including phenoxy) is 1. The van der Waals surface area contributed by atoms with Crippen molar-refractivity contribution in [3.8, 4) is 5.75 Å². The second-order valence-electron chi connectivity index (χ2n) is 4.96. The molecule has 0 radical (unpaired) electrons. The number of hydrogen-bond acceptors (Lipinski definition) is 5. The molecule has 1 aromatic carbocycles. The molecule has 2 aromatic heterocycles. The lowest BCUT2D eigenvalue weighted by Crippen LogP contribution is -1.97. The number of rotatable bonds is 5. The molecule has 5 nitrogen and oxygen atoms in total. The third-order valence-corrected chi connectivity index (χ3v) is 3.25. The highest BCUT2D eigenvalue weighted by atomic mass is 16.5. The fraction of sp³-hybridized carbons (Fsp3) is 0.118. The van der Waals surface area contributed by atoms with Gasteiger partial charge in [0.2, 0.25) is 0 Å². The molecular formula is C17H16N4O. The quantitative estimate of drug-likeness (QED) is 0.734. The summed E-state index contributed by atoms with van der Waals surface area (Å²) in [5.74, 6) is 1.22. The van der Waals surface area contributed by atoms with Crippen molar-refractivity contribution < 1.29 is 4.74 Å². The van der Waals surface area contributed by atoms with Crippen LogP contribution in [0.3, 0.4) is 0 Å². The second kappa shape index (κ2) is 6.22. The Morgan fingerprint density at radius 2 is 1.95 bits per heavy atom. The van der Waals surface area contributed by atoms with Gasteiger partial charge in [0, 0.05) is 11.6 Å². The van der Waals surface area contributed by atoms with Crippen LogP contribution in [0.1, 0.15) is 11.1 Å². The van der Waals surface area contributed by atoms with E-state index in [0.717, 1.165) is 22.0 Å². The summed E-state index contributed by atoms with van der Waals surface area (Å²) in [5.41, 5.74) is 8.58. The number of hydrogen-bond donors (Lipinski definition) is 1. The van der Waals surface area contributed by atoms with E-state index in [9.17, 15) is 0 Å². The summed E-state index contributed by atoms with van der Waals surface area (Å²) in [4.78, 5) is 12.3. The van der Waals surface area contributed by atoms with Crippen molar-refractivity contribution in [3.63, 3.8) is 0 Å². The summed E-state index contributed by atoms with van der Waals surface area (Å²) in [6, 6.07) is 11.7. The van der Waals surface area contributed by atoms with Crippen molar-refractivity contribution in [2.75, 3.05) is 5.73 Å². The van der Waals surface area contributed by atoms with Crippen LogP contribution in [0, 0.1) is 0 Å². The number of aromatic nitrogens is 2. The first-order valence-electron chi connectivity index (χ1n) is 6.89. The first-order valence-corrected chi connectivity index (χ1v) is 6.89. The van der Waals surface area contributed by atoms with Gasteiger partial charge in [-0.3, -0.25) is 9.98 Å². The molecule has 0 atom stereocenters. The predicted molar refractivity (Wildman–Crippen MR) is 88.0 cm³/mol. The van der Waals surface area contributed by atoms with Crippen molar-refractivity contribution in [1.82, 2.24) is 9.97 Å². The highest BCUT2D eigenvalue weighted by Crippen LogP contribution is 2.18. The van der Waals surface area contributed by atoms with Gasteiger partial charge in [-0.05, 0) is 42.1 Å². The topological polar surface area (TPSA) is 73.4 Å². The molecule has 0 aliphatic heterocycles. The first kappa shape index (κ1) is 14.0. The number of fused-ring (bicyclic) bond motifs is 1. The van der Waals surface area contributed by atoms with Crippen LogP contribution in [-0.4, -0.2) is 16.7 Å². The summed E-state index contributed by atoms with van der Waals surface area (Å²) >= 11 is 0. The lowest BCUT2D eigenvalue weighted by molar-refractivity contribution is 0.305. The number of aliphatic imine (C=N–C) groups is 1.